The molecule has 0 saturated heterocycles. The third-order valence-electron chi connectivity index (χ3n) is 6.03. The molecule has 0 radical (unpaired) electrons. The number of alkyl halides is 1. The van der Waals surface area contributed by atoms with Crippen LogP contribution >= 0.6 is 0 Å². The van der Waals surface area contributed by atoms with E-state index >= 15 is 8.78 Å². The van der Waals surface area contributed by atoms with E-state index in [1.165, 1.54) is 26.8 Å². The van der Waals surface area contributed by atoms with E-state index in [2.05, 4.69) is 5.16 Å². The van der Waals surface area contributed by atoms with E-state index < -0.39 is 29.3 Å². The van der Waals surface area contributed by atoms with Crippen molar-refractivity contribution in [2.75, 3.05) is 6.54 Å². The van der Waals surface area contributed by atoms with Crippen molar-refractivity contribution < 1.29 is 27.6 Å². The number of carbonyl (C=O) groups is 1. The van der Waals surface area contributed by atoms with Gasteiger partial charge in [-0.3, -0.25) is 4.90 Å². The number of rotatable bonds is 5. The molecule has 33 heavy (non-hydrogen) atoms. The average Bonchev–Trinajstić information content (AvgIpc) is 3.18. The largest absolute Gasteiger partial charge is 0.478 e. The summed E-state index contributed by atoms with van der Waals surface area (Å²) in [4.78, 5) is 12.9. The van der Waals surface area contributed by atoms with Crippen molar-refractivity contribution in [1.29, 1.82) is 0 Å². The molecule has 5 nitrogen and oxygen atoms in total. The van der Waals surface area contributed by atoms with Gasteiger partial charge in [-0.1, -0.05) is 11.2 Å². The van der Waals surface area contributed by atoms with Crippen molar-refractivity contribution in [2.24, 2.45) is 0 Å². The molecule has 8 heteroatoms. The lowest BCUT2D eigenvalue weighted by Gasteiger charge is -2.44. The predicted molar refractivity (Wildman–Crippen MR) is 119 cm³/mol. The van der Waals surface area contributed by atoms with Crippen molar-refractivity contribution in [3.05, 3.63) is 69.9 Å². The van der Waals surface area contributed by atoms with Gasteiger partial charge < -0.3 is 9.63 Å². The molecule has 0 aliphatic carbocycles. The van der Waals surface area contributed by atoms with Gasteiger partial charge in [0.2, 0.25) is 0 Å². The smallest absolute Gasteiger partial charge is 0.331 e. The highest BCUT2D eigenvalue weighted by atomic mass is 19.1. The molecule has 1 aliphatic heterocycles. The quantitative estimate of drug-likeness (QED) is 0.499. The molecule has 1 aliphatic rings. The van der Waals surface area contributed by atoms with Gasteiger partial charge in [0.15, 0.2) is 5.58 Å². The van der Waals surface area contributed by atoms with Crippen LogP contribution in [0.3, 0.4) is 0 Å². The summed E-state index contributed by atoms with van der Waals surface area (Å²) in [7, 11) is 0. The topological polar surface area (TPSA) is 66.6 Å². The van der Waals surface area contributed by atoms with E-state index in [1.807, 2.05) is 6.92 Å². The summed E-state index contributed by atoms with van der Waals surface area (Å²) in [5, 5.41) is 13.7. The molecule has 3 aromatic rings. The summed E-state index contributed by atoms with van der Waals surface area (Å²) >= 11 is 0. The summed E-state index contributed by atoms with van der Waals surface area (Å²) < 4.78 is 51.0. The van der Waals surface area contributed by atoms with Gasteiger partial charge >= 0.3 is 5.97 Å². The maximum absolute atomic E-state index is 15.5. The molecule has 0 unspecified atom stereocenters. The van der Waals surface area contributed by atoms with Gasteiger partial charge in [-0.15, -0.1) is 0 Å². The first kappa shape index (κ1) is 23.0. The fourth-order valence-corrected chi connectivity index (χ4v) is 4.61. The second-order valence-corrected chi connectivity index (χ2v) is 9.25. The molecule has 2 aromatic carbocycles. The molecular weight excluding hydrogens is 433 g/mol. The molecule has 0 fully saturated rings. The Morgan fingerprint density at radius 2 is 1.97 bits per heavy atom. The highest BCUT2D eigenvalue weighted by Gasteiger charge is 2.40. The van der Waals surface area contributed by atoms with Crippen molar-refractivity contribution in [3.8, 4) is 0 Å². The van der Waals surface area contributed by atoms with Crippen LogP contribution in [0.4, 0.5) is 13.2 Å². The summed E-state index contributed by atoms with van der Waals surface area (Å²) in [6, 6.07) is 4.58. The normalized spacial score (nSPS) is 19.7. The Bertz CT molecular complexity index is 1240. The minimum atomic E-state index is -1.60. The molecule has 0 bridgehead atoms. The maximum Gasteiger partial charge on any atom is 0.331 e. The Morgan fingerprint density at radius 3 is 2.58 bits per heavy atom. The standard InChI is InChI=1S/C25H25F3N2O3/c1-13(24(31)32)7-15-9-19(26)22(20(27)10-15)23-16-5-6-21-18(11-29-33-21)17(16)8-14(2)30(23)12-25(3,4)28/h5-7,9-11,14,23H,8,12H2,1-4H3,(H,31,32)/b13-7+/t14-,23+/m1/s1. The highest BCUT2D eigenvalue weighted by molar-refractivity contribution is 5.91. The first-order valence-electron chi connectivity index (χ1n) is 10.7. The van der Waals surface area contributed by atoms with Gasteiger partial charge in [-0.2, -0.15) is 0 Å². The van der Waals surface area contributed by atoms with Crippen LogP contribution < -0.4 is 0 Å². The monoisotopic (exact) mass is 458 g/mol. The molecule has 0 spiro atoms. The Morgan fingerprint density at radius 1 is 1.30 bits per heavy atom. The maximum atomic E-state index is 15.5. The molecule has 4 rings (SSSR count). The molecule has 0 saturated carbocycles. The summed E-state index contributed by atoms with van der Waals surface area (Å²) in [5.41, 5.74) is 0.356. The second kappa shape index (κ2) is 8.33. The summed E-state index contributed by atoms with van der Waals surface area (Å²) in [6.07, 6.45) is 3.34. The van der Waals surface area contributed by atoms with Crippen molar-refractivity contribution >= 4 is 23.0 Å². The Kier molecular flexibility index (Phi) is 5.82. The Labute approximate surface area is 189 Å². The van der Waals surface area contributed by atoms with Crippen LogP contribution in [0.1, 0.15) is 56.0 Å². The minimum absolute atomic E-state index is 0.0292. The van der Waals surface area contributed by atoms with Crippen LogP contribution in [0.5, 0.6) is 0 Å². The lowest BCUT2D eigenvalue weighted by molar-refractivity contribution is -0.132. The molecular formula is C25H25F3N2O3. The fraction of sp³-hybridized carbons (Fsp3) is 0.360. The zero-order chi connectivity index (χ0) is 24.1. The number of carboxylic acid groups (broad SMARTS) is 1. The van der Waals surface area contributed by atoms with E-state index in [1.54, 1.807) is 23.2 Å². The predicted octanol–water partition coefficient (Wildman–Crippen LogP) is 5.68. The zero-order valence-electron chi connectivity index (χ0n) is 18.8. The van der Waals surface area contributed by atoms with Crippen LogP contribution in [-0.4, -0.2) is 39.4 Å². The van der Waals surface area contributed by atoms with Crippen LogP contribution in [-0.2, 0) is 11.2 Å². The molecule has 0 amide bonds. The molecule has 1 N–H and O–H groups in total. The first-order chi connectivity index (χ1) is 15.5. The lowest BCUT2D eigenvalue weighted by Crippen LogP contribution is -2.48. The minimum Gasteiger partial charge on any atom is -0.478 e. The van der Waals surface area contributed by atoms with Crippen LogP contribution in [0, 0.1) is 11.6 Å². The fourth-order valence-electron chi connectivity index (χ4n) is 4.61. The third-order valence-corrected chi connectivity index (χ3v) is 6.03. The molecule has 2 heterocycles. The van der Waals surface area contributed by atoms with Crippen molar-refractivity contribution in [3.63, 3.8) is 0 Å². The van der Waals surface area contributed by atoms with Gasteiger partial charge in [0.1, 0.15) is 17.3 Å². The second-order valence-electron chi connectivity index (χ2n) is 9.25. The number of carboxylic acids is 1. The molecule has 2 atom stereocenters. The van der Waals surface area contributed by atoms with Gasteiger partial charge in [-0.05, 0) is 75.1 Å². The number of aliphatic carboxylic acids is 1. The van der Waals surface area contributed by atoms with Crippen molar-refractivity contribution in [1.82, 2.24) is 10.1 Å². The van der Waals surface area contributed by atoms with Gasteiger partial charge in [0, 0.05) is 29.1 Å². The Hall–Kier alpha value is -3.13. The van der Waals surface area contributed by atoms with Crippen LogP contribution in [0.2, 0.25) is 0 Å². The summed E-state index contributed by atoms with van der Waals surface area (Å²) in [6.45, 7) is 6.09. The molecule has 1 aromatic heterocycles. The number of aromatic nitrogens is 1. The van der Waals surface area contributed by atoms with Crippen molar-refractivity contribution in [2.45, 2.75) is 51.9 Å². The lowest BCUT2D eigenvalue weighted by atomic mass is 9.82. The van der Waals surface area contributed by atoms with Gasteiger partial charge in [0.05, 0.1) is 12.2 Å². The third kappa shape index (κ3) is 4.39. The van der Waals surface area contributed by atoms with E-state index in [9.17, 15) is 9.18 Å². The number of benzene rings is 2. The van der Waals surface area contributed by atoms with E-state index in [-0.39, 0.29) is 29.3 Å². The van der Waals surface area contributed by atoms with E-state index in [4.69, 9.17) is 9.63 Å². The van der Waals surface area contributed by atoms with Crippen LogP contribution in [0.25, 0.3) is 17.0 Å². The Balaban J connectivity index is 1.92. The number of halogens is 3. The van der Waals surface area contributed by atoms with Gasteiger partial charge in [-0.25, -0.2) is 18.0 Å². The molecule has 174 valence electrons. The SMILES string of the molecule is C/C(=C\c1cc(F)c([C@@H]2c3ccc4oncc4c3C[C@@H](C)N2CC(C)(C)F)c(F)c1)C(=O)O. The number of hydrogen-bond donors (Lipinski definition) is 1. The van der Waals surface area contributed by atoms with Crippen LogP contribution in [0.15, 0.2) is 40.6 Å². The van der Waals surface area contributed by atoms with E-state index in [0.717, 1.165) is 23.1 Å². The van der Waals surface area contributed by atoms with Gasteiger partial charge in [0.25, 0.3) is 0 Å². The average molecular weight is 458 g/mol. The highest BCUT2D eigenvalue weighted by Crippen LogP contribution is 2.43. The number of hydrogen-bond acceptors (Lipinski definition) is 4. The number of nitrogens with zero attached hydrogens (tertiary/aromatic N) is 2. The summed E-state index contributed by atoms with van der Waals surface area (Å²) in [5.74, 6) is -2.82. The first-order valence-corrected chi connectivity index (χ1v) is 10.7. The zero-order valence-corrected chi connectivity index (χ0v) is 18.8. The van der Waals surface area contributed by atoms with E-state index in [0.29, 0.717) is 17.6 Å². The number of fused-ring (bicyclic) bond motifs is 3.